The van der Waals surface area contributed by atoms with Crippen molar-refractivity contribution in [1.82, 2.24) is 9.97 Å². The Kier molecular flexibility index (Phi) is 5.06. The molecule has 1 amide bonds. The summed E-state index contributed by atoms with van der Waals surface area (Å²) < 4.78 is 0. The van der Waals surface area contributed by atoms with Crippen LogP contribution in [0, 0.1) is 11.3 Å². The van der Waals surface area contributed by atoms with Crippen molar-refractivity contribution in [3.63, 3.8) is 0 Å². The molecule has 1 saturated heterocycles. The third-order valence-corrected chi connectivity index (χ3v) is 7.35. The van der Waals surface area contributed by atoms with E-state index in [0.29, 0.717) is 0 Å². The number of anilines is 3. The molecule has 2 aromatic rings. The fourth-order valence-electron chi connectivity index (χ4n) is 5.55. The van der Waals surface area contributed by atoms with Gasteiger partial charge in [-0.05, 0) is 73.8 Å². The highest BCUT2D eigenvalue weighted by molar-refractivity contribution is 5.95. The summed E-state index contributed by atoms with van der Waals surface area (Å²) in [5, 5.41) is 3.05. The molecule has 3 aliphatic rings. The van der Waals surface area contributed by atoms with E-state index >= 15 is 0 Å². The smallest absolute Gasteiger partial charge is 0.241 e. The van der Waals surface area contributed by atoms with E-state index in [1.165, 1.54) is 18.5 Å². The highest BCUT2D eigenvalue weighted by atomic mass is 16.2. The van der Waals surface area contributed by atoms with E-state index in [2.05, 4.69) is 37.2 Å². The Balaban J connectivity index is 1.17. The number of nitrogens with two attached hydrogens (primary N) is 1. The lowest BCUT2D eigenvalue weighted by molar-refractivity contribution is -0.120. The average molecular weight is 407 g/mol. The van der Waals surface area contributed by atoms with Gasteiger partial charge in [-0.2, -0.15) is 0 Å². The first-order chi connectivity index (χ1) is 14.6. The van der Waals surface area contributed by atoms with Gasteiger partial charge in [-0.1, -0.05) is 0 Å². The third-order valence-electron chi connectivity index (χ3n) is 7.35. The maximum atomic E-state index is 12.8. The van der Waals surface area contributed by atoms with Crippen LogP contribution < -0.4 is 20.9 Å². The molecule has 3 fully saturated rings. The molecule has 2 bridgehead atoms. The van der Waals surface area contributed by atoms with E-state index in [1.54, 1.807) is 12.4 Å². The molecule has 1 aromatic heterocycles. The number of amides is 1. The molecule has 2 aliphatic carbocycles. The van der Waals surface area contributed by atoms with E-state index in [1.807, 2.05) is 18.2 Å². The number of piperazine rings is 1. The van der Waals surface area contributed by atoms with Crippen LogP contribution in [0.2, 0.25) is 0 Å². The van der Waals surface area contributed by atoms with Gasteiger partial charge in [0.2, 0.25) is 11.9 Å². The van der Waals surface area contributed by atoms with Crippen LogP contribution in [0.4, 0.5) is 17.3 Å². The fraction of sp³-hybridized carbons (Fsp3) is 0.522. The number of hydrogen-bond donors (Lipinski definition) is 2. The summed E-state index contributed by atoms with van der Waals surface area (Å²) in [6, 6.07) is 9.56. The Morgan fingerprint density at radius 2 is 1.67 bits per heavy atom. The molecule has 1 aliphatic heterocycles. The van der Waals surface area contributed by atoms with E-state index < -0.39 is 6.04 Å². The minimum absolute atomic E-state index is 0.0385. The first kappa shape index (κ1) is 19.3. The first-order valence-corrected chi connectivity index (χ1v) is 11.1. The van der Waals surface area contributed by atoms with Crippen molar-refractivity contribution in [2.24, 2.45) is 17.1 Å². The van der Waals surface area contributed by atoms with Gasteiger partial charge >= 0.3 is 0 Å². The molecule has 1 atom stereocenters. The molecule has 7 heteroatoms. The number of carbonyl (C=O) groups excluding carboxylic acids is 1. The second-order valence-electron chi connectivity index (χ2n) is 9.05. The first-order valence-electron chi connectivity index (χ1n) is 11.1. The predicted molar refractivity (Wildman–Crippen MR) is 119 cm³/mol. The van der Waals surface area contributed by atoms with Crippen LogP contribution in [0.25, 0.3) is 0 Å². The number of fused-ring (bicyclic) bond motifs is 2. The third kappa shape index (κ3) is 3.62. The van der Waals surface area contributed by atoms with Crippen LogP contribution in [0.1, 0.15) is 32.1 Å². The average Bonchev–Trinajstić information content (AvgIpc) is 3.42. The largest absolute Gasteiger partial charge is 0.368 e. The van der Waals surface area contributed by atoms with Gasteiger partial charge in [-0.3, -0.25) is 4.79 Å². The predicted octanol–water partition coefficient (Wildman–Crippen LogP) is 2.65. The van der Waals surface area contributed by atoms with E-state index in [-0.39, 0.29) is 11.3 Å². The van der Waals surface area contributed by atoms with E-state index in [0.717, 1.165) is 63.0 Å². The van der Waals surface area contributed by atoms with Crippen LogP contribution in [0.5, 0.6) is 0 Å². The lowest BCUT2D eigenvalue weighted by Crippen LogP contribution is -2.48. The zero-order chi connectivity index (χ0) is 20.6. The molecular weight excluding hydrogens is 376 g/mol. The van der Waals surface area contributed by atoms with Gasteiger partial charge in [0, 0.05) is 49.9 Å². The van der Waals surface area contributed by atoms with Gasteiger partial charge in [0.25, 0.3) is 0 Å². The second-order valence-corrected chi connectivity index (χ2v) is 9.05. The normalized spacial score (nSPS) is 26.6. The molecule has 1 unspecified atom stereocenters. The Morgan fingerprint density at radius 3 is 2.27 bits per heavy atom. The SMILES string of the molecule is NC(C(=O)Nc1ccc(N2CCN(c3ncccn3)CC2)cc1)C12CCC(CC1)C2. The van der Waals surface area contributed by atoms with Crippen molar-refractivity contribution in [1.29, 1.82) is 0 Å². The van der Waals surface area contributed by atoms with Crippen LogP contribution in [-0.2, 0) is 4.79 Å². The standard InChI is InChI=1S/C23H30N6O/c24-20(23-8-6-17(16-23)7-9-23)21(30)27-18-2-4-19(5-3-18)28-12-14-29(15-13-28)22-25-10-1-11-26-22/h1-5,10-11,17,20H,6-9,12-16,24H2,(H,27,30). The van der Waals surface area contributed by atoms with Gasteiger partial charge in [-0.25, -0.2) is 9.97 Å². The number of hydrogen-bond acceptors (Lipinski definition) is 6. The molecule has 7 nitrogen and oxygen atoms in total. The Morgan fingerprint density at radius 1 is 1.03 bits per heavy atom. The van der Waals surface area contributed by atoms with Crippen molar-refractivity contribution in [2.75, 3.05) is 41.3 Å². The molecule has 30 heavy (non-hydrogen) atoms. The fourth-order valence-corrected chi connectivity index (χ4v) is 5.55. The summed E-state index contributed by atoms with van der Waals surface area (Å²) >= 11 is 0. The summed E-state index contributed by atoms with van der Waals surface area (Å²) in [5.74, 6) is 1.54. The van der Waals surface area contributed by atoms with Crippen molar-refractivity contribution < 1.29 is 4.79 Å². The topological polar surface area (TPSA) is 87.4 Å². The molecular formula is C23H30N6O. The number of nitrogens with zero attached hydrogens (tertiary/aromatic N) is 4. The summed E-state index contributed by atoms with van der Waals surface area (Å²) in [6.45, 7) is 3.61. The molecule has 3 N–H and O–H groups in total. The van der Waals surface area contributed by atoms with Gasteiger partial charge in [-0.15, -0.1) is 0 Å². The summed E-state index contributed by atoms with van der Waals surface area (Å²) in [6.07, 6.45) is 9.37. The van der Waals surface area contributed by atoms with Crippen molar-refractivity contribution in [3.8, 4) is 0 Å². The molecule has 1 aromatic carbocycles. The highest BCUT2D eigenvalue weighted by Gasteiger charge is 2.50. The van der Waals surface area contributed by atoms with Gasteiger partial charge in [0.15, 0.2) is 0 Å². The molecule has 0 spiro atoms. The number of carbonyl (C=O) groups is 1. The minimum Gasteiger partial charge on any atom is -0.368 e. The van der Waals surface area contributed by atoms with E-state index in [9.17, 15) is 4.79 Å². The molecule has 2 saturated carbocycles. The van der Waals surface area contributed by atoms with Crippen LogP contribution in [-0.4, -0.2) is 48.1 Å². The van der Waals surface area contributed by atoms with Crippen molar-refractivity contribution in [2.45, 2.75) is 38.1 Å². The molecule has 5 rings (SSSR count). The Hall–Kier alpha value is -2.67. The Labute approximate surface area is 177 Å². The maximum absolute atomic E-state index is 12.8. The Bertz CT molecular complexity index is 870. The lowest BCUT2D eigenvalue weighted by atomic mass is 9.77. The van der Waals surface area contributed by atoms with Crippen LogP contribution >= 0.6 is 0 Å². The lowest BCUT2D eigenvalue weighted by Gasteiger charge is -2.36. The zero-order valence-corrected chi connectivity index (χ0v) is 17.3. The monoisotopic (exact) mass is 406 g/mol. The van der Waals surface area contributed by atoms with Gasteiger partial charge < -0.3 is 20.9 Å². The number of benzene rings is 1. The molecule has 2 heterocycles. The minimum atomic E-state index is -0.405. The zero-order valence-electron chi connectivity index (χ0n) is 17.3. The summed E-state index contributed by atoms with van der Waals surface area (Å²) in [4.78, 5) is 26.0. The number of rotatable bonds is 5. The van der Waals surface area contributed by atoms with E-state index in [4.69, 9.17) is 5.73 Å². The quantitative estimate of drug-likeness (QED) is 0.794. The van der Waals surface area contributed by atoms with Gasteiger partial charge in [0.05, 0.1) is 6.04 Å². The molecule has 0 radical (unpaired) electrons. The van der Waals surface area contributed by atoms with Gasteiger partial charge in [0.1, 0.15) is 0 Å². The highest BCUT2D eigenvalue weighted by Crippen LogP contribution is 2.55. The second kappa shape index (κ2) is 7.87. The number of aromatic nitrogens is 2. The van der Waals surface area contributed by atoms with Crippen LogP contribution in [0.3, 0.4) is 0 Å². The summed E-state index contributed by atoms with van der Waals surface area (Å²) in [5.41, 5.74) is 8.44. The summed E-state index contributed by atoms with van der Waals surface area (Å²) in [7, 11) is 0. The van der Waals surface area contributed by atoms with Crippen LogP contribution in [0.15, 0.2) is 42.7 Å². The maximum Gasteiger partial charge on any atom is 0.241 e. The molecule has 158 valence electrons. The number of nitrogens with one attached hydrogen (secondary N) is 1. The van der Waals surface area contributed by atoms with Crippen molar-refractivity contribution >= 4 is 23.2 Å². The van der Waals surface area contributed by atoms with Crippen molar-refractivity contribution in [3.05, 3.63) is 42.7 Å².